The molecule has 4 rings (SSSR count). The van der Waals surface area contributed by atoms with E-state index >= 15 is 0 Å². The minimum absolute atomic E-state index is 0.309. The fourth-order valence-electron chi connectivity index (χ4n) is 3.41. The van der Waals surface area contributed by atoms with Crippen LogP contribution in [0, 0.1) is 0 Å². The molecule has 3 heterocycles. The van der Waals surface area contributed by atoms with Crippen molar-refractivity contribution in [2.24, 2.45) is 0 Å². The number of β-amino-alcohol motifs (C(OH)–C–C–N with tert-alkyl or cyclic N) is 1. The molecule has 0 aliphatic carbocycles. The lowest BCUT2D eigenvalue weighted by Gasteiger charge is -2.42. The first kappa shape index (κ1) is 15.7. The number of carbonyl (C=O) groups is 1. The number of hydrogen-bond acceptors (Lipinski definition) is 5. The van der Waals surface area contributed by atoms with Crippen molar-refractivity contribution in [1.82, 2.24) is 25.2 Å². The van der Waals surface area contributed by atoms with Crippen molar-refractivity contribution in [3.8, 4) is 0 Å². The van der Waals surface area contributed by atoms with E-state index in [1.165, 1.54) is 10.7 Å². The van der Waals surface area contributed by atoms with E-state index in [4.69, 9.17) is 0 Å². The molecule has 1 aliphatic heterocycles. The Morgan fingerprint density at radius 1 is 1.28 bits per heavy atom. The summed E-state index contributed by atoms with van der Waals surface area (Å²) < 4.78 is 1.50. The molecule has 1 saturated heterocycles. The van der Waals surface area contributed by atoms with Gasteiger partial charge in [-0.2, -0.15) is 5.10 Å². The molecule has 7 heteroatoms. The monoisotopic (exact) mass is 337 g/mol. The maximum atomic E-state index is 13.0. The van der Waals surface area contributed by atoms with E-state index in [9.17, 15) is 9.90 Å². The van der Waals surface area contributed by atoms with E-state index < -0.39 is 11.6 Å². The van der Waals surface area contributed by atoms with Gasteiger partial charge in [-0.05, 0) is 30.7 Å². The van der Waals surface area contributed by atoms with Gasteiger partial charge < -0.3 is 15.7 Å². The number of nitrogens with zero attached hydrogens (tertiary/aromatic N) is 3. The fraction of sp³-hybridized carbons (Fsp3) is 0.278. The topological polar surface area (TPSA) is 91.5 Å². The lowest BCUT2D eigenvalue weighted by atomic mass is 9.79. The van der Waals surface area contributed by atoms with E-state index in [2.05, 4.69) is 20.7 Å². The van der Waals surface area contributed by atoms with Crippen molar-refractivity contribution in [2.45, 2.75) is 18.1 Å². The number of benzene rings is 1. The number of piperidine rings is 1. The Labute approximate surface area is 144 Å². The largest absolute Gasteiger partial charge is 0.389 e. The van der Waals surface area contributed by atoms with Crippen LogP contribution < -0.4 is 10.6 Å². The highest BCUT2D eigenvalue weighted by molar-refractivity contribution is 5.93. The number of aromatic nitrogens is 3. The van der Waals surface area contributed by atoms with Gasteiger partial charge in [-0.15, -0.1) is 0 Å². The quantitative estimate of drug-likeness (QED) is 0.655. The maximum Gasteiger partial charge on any atom is 0.272 e. The first-order chi connectivity index (χ1) is 12.2. The number of rotatable bonds is 3. The molecular weight excluding hydrogens is 318 g/mol. The molecular formula is C18H19N5O2. The van der Waals surface area contributed by atoms with Gasteiger partial charge in [0.15, 0.2) is 5.65 Å². The smallest absolute Gasteiger partial charge is 0.272 e. The molecule has 1 fully saturated rings. The number of hydrogen-bond donors (Lipinski definition) is 3. The third-order valence-corrected chi connectivity index (χ3v) is 4.74. The molecule has 1 aromatic carbocycles. The summed E-state index contributed by atoms with van der Waals surface area (Å²) in [6.45, 7) is 1.12. The maximum absolute atomic E-state index is 13.0. The van der Waals surface area contributed by atoms with Crippen molar-refractivity contribution >= 4 is 11.6 Å². The average Bonchev–Trinajstić information content (AvgIpc) is 3.09. The molecule has 0 bridgehead atoms. The SMILES string of the molecule is O=C(N[C@@]1(c2ccccc2)CCNC[C@H]1O)c1cnc2cccnn12. The van der Waals surface area contributed by atoms with Crippen molar-refractivity contribution in [3.63, 3.8) is 0 Å². The van der Waals surface area contributed by atoms with Gasteiger partial charge in [0.1, 0.15) is 5.69 Å². The first-order valence-electron chi connectivity index (χ1n) is 8.26. The Bertz CT molecular complexity index is 895. The normalized spacial score (nSPS) is 23.5. The molecule has 0 unspecified atom stereocenters. The second-order valence-corrected chi connectivity index (χ2v) is 6.20. The molecule has 128 valence electrons. The van der Waals surface area contributed by atoms with Crippen LogP contribution in [0.2, 0.25) is 0 Å². The van der Waals surface area contributed by atoms with Gasteiger partial charge in [-0.1, -0.05) is 30.3 Å². The summed E-state index contributed by atoms with van der Waals surface area (Å²) in [5, 5.41) is 21.1. The van der Waals surface area contributed by atoms with Gasteiger partial charge in [0.25, 0.3) is 5.91 Å². The highest BCUT2D eigenvalue weighted by Crippen LogP contribution is 2.31. The van der Waals surface area contributed by atoms with Crippen LogP contribution in [0.5, 0.6) is 0 Å². The number of nitrogens with one attached hydrogen (secondary N) is 2. The van der Waals surface area contributed by atoms with Gasteiger partial charge in [-0.25, -0.2) is 9.50 Å². The van der Waals surface area contributed by atoms with Crippen LogP contribution in [0.15, 0.2) is 54.9 Å². The Kier molecular flexibility index (Phi) is 3.95. The molecule has 3 aromatic rings. The van der Waals surface area contributed by atoms with Crippen LogP contribution in [-0.4, -0.2) is 44.8 Å². The Hall–Kier alpha value is -2.77. The lowest BCUT2D eigenvalue weighted by molar-refractivity contribution is 0.0287. The highest BCUT2D eigenvalue weighted by Gasteiger charge is 2.43. The Balaban J connectivity index is 1.73. The van der Waals surface area contributed by atoms with Crippen molar-refractivity contribution in [2.75, 3.05) is 13.1 Å². The molecule has 25 heavy (non-hydrogen) atoms. The van der Waals surface area contributed by atoms with Crippen LogP contribution >= 0.6 is 0 Å². The summed E-state index contributed by atoms with van der Waals surface area (Å²) in [4.78, 5) is 17.2. The zero-order valence-electron chi connectivity index (χ0n) is 13.6. The predicted octanol–water partition coefficient (Wildman–Crippen LogP) is 0.709. The van der Waals surface area contributed by atoms with Crippen molar-refractivity contribution in [3.05, 3.63) is 66.1 Å². The second-order valence-electron chi connectivity index (χ2n) is 6.20. The van der Waals surface area contributed by atoms with Crippen LogP contribution in [-0.2, 0) is 5.54 Å². The van der Waals surface area contributed by atoms with Crippen LogP contribution in [0.1, 0.15) is 22.5 Å². The summed E-state index contributed by atoms with van der Waals surface area (Å²) in [5.74, 6) is -0.309. The number of carbonyl (C=O) groups excluding carboxylic acids is 1. The average molecular weight is 337 g/mol. The van der Waals surface area contributed by atoms with Gasteiger partial charge in [0.2, 0.25) is 0 Å². The molecule has 0 radical (unpaired) electrons. The first-order valence-corrected chi connectivity index (χ1v) is 8.26. The van der Waals surface area contributed by atoms with Crippen LogP contribution in [0.4, 0.5) is 0 Å². The van der Waals surface area contributed by atoms with E-state index in [0.717, 1.165) is 5.56 Å². The molecule has 1 amide bonds. The fourth-order valence-corrected chi connectivity index (χ4v) is 3.41. The van der Waals surface area contributed by atoms with Crippen molar-refractivity contribution in [1.29, 1.82) is 0 Å². The lowest BCUT2D eigenvalue weighted by Crippen LogP contribution is -2.61. The number of amides is 1. The predicted molar refractivity (Wildman–Crippen MR) is 92.1 cm³/mol. The van der Waals surface area contributed by atoms with E-state index in [1.807, 2.05) is 30.3 Å². The van der Waals surface area contributed by atoms with Crippen molar-refractivity contribution < 1.29 is 9.90 Å². The summed E-state index contributed by atoms with van der Waals surface area (Å²) in [7, 11) is 0. The minimum atomic E-state index is -0.845. The number of aliphatic hydroxyl groups excluding tert-OH is 1. The molecule has 2 aromatic heterocycles. The molecule has 2 atom stereocenters. The zero-order valence-corrected chi connectivity index (χ0v) is 13.6. The number of fused-ring (bicyclic) bond motifs is 1. The van der Waals surface area contributed by atoms with Gasteiger partial charge in [-0.3, -0.25) is 4.79 Å². The molecule has 0 saturated carbocycles. The highest BCUT2D eigenvalue weighted by atomic mass is 16.3. The van der Waals surface area contributed by atoms with Crippen LogP contribution in [0.25, 0.3) is 5.65 Å². The summed E-state index contributed by atoms with van der Waals surface area (Å²) in [6, 6.07) is 13.2. The Morgan fingerprint density at radius 3 is 2.92 bits per heavy atom. The summed E-state index contributed by atoms with van der Waals surface area (Å²) >= 11 is 0. The van der Waals surface area contributed by atoms with E-state index in [-0.39, 0.29) is 5.91 Å². The Morgan fingerprint density at radius 2 is 2.12 bits per heavy atom. The standard InChI is InChI=1S/C18H19N5O2/c24-15-12-19-10-8-18(15,13-5-2-1-3-6-13)22-17(25)14-11-20-16-7-4-9-21-23(14)16/h1-7,9,11,15,19,24H,8,10,12H2,(H,22,25)/t15-,18-/m1/s1. The summed E-state index contributed by atoms with van der Waals surface area (Å²) in [6.07, 6.45) is 2.97. The second kappa shape index (κ2) is 6.27. The third kappa shape index (κ3) is 2.67. The van der Waals surface area contributed by atoms with Gasteiger partial charge in [0, 0.05) is 12.7 Å². The van der Waals surface area contributed by atoms with E-state index in [1.54, 1.807) is 18.3 Å². The number of imidazole rings is 1. The van der Waals surface area contributed by atoms with Gasteiger partial charge in [0.05, 0.1) is 17.8 Å². The third-order valence-electron chi connectivity index (χ3n) is 4.74. The zero-order chi connectivity index (χ0) is 17.3. The van der Waals surface area contributed by atoms with E-state index in [0.29, 0.717) is 30.9 Å². The molecule has 7 nitrogen and oxygen atoms in total. The molecule has 1 aliphatic rings. The number of aliphatic hydroxyl groups is 1. The minimum Gasteiger partial charge on any atom is -0.389 e. The van der Waals surface area contributed by atoms with Gasteiger partial charge >= 0.3 is 0 Å². The van der Waals surface area contributed by atoms with Crippen LogP contribution in [0.3, 0.4) is 0 Å². The summed E-state index contributed by atoms with van der Waals surface area (Å²) in [5.41, 5.74) is 0.991. The molecule has 3 N–H and O–H groups in total. The molecule has 0 spiro atoms.